The Morgan fingerprint density at radius 3 is 2.07 bits per heavy atom. The average Bonchev–Trinajstić information content (AvgIpc) is 2.13. The highest BCUT2D eigenvalue weighted by molar-refractivity contribution is 5.95. The molecule has 0 amide bonds. The van der Waals surface area contributed by atoms with Crippen molar-refractivity contribution in [3.05, 3.63) is 11.1 Å². The first-order valence-corrected chi connectivity index (χ1v) is 4.81. The molecule has 0 radical (unpaired) electrons. The normalized spacial score (nSPS) is 9.60. The summed E-state index contributed by atoms with van der Waals surface area (Å²) >= 11 is 0. The lowest BCUT2D eigenvalue weighted by molar-refractivity contribution is -0.141. The Kier molecular flexibility index (Phi) is 6.62. The van der Waals surface area contributed by atoms with Gasteiger partial charge < -0.3 is 9.47 Å². The Morgan fingerprint density at radius 1 is 1.07 bits per heavy atom. The zero-order chi connectivity index (χ0) is 11.8. The third-order valence-corrected chi connectivity index (χ3v) is 1.80. The van der Waals surface area contributed by atoms with E-state index in [-0.39, 0.29) is 18.8 Å². The van der Waals surface area contributed by atoms with Gasteiger partial charge in [0.2, 0.25) is 0 Å². The lowest BCUT2D eigenvalue weighted by Crippen LogP contribution is -2.14. The Balaban J connectivity index is 4.33. The van der Waals surface area contributed by atoms with Crippen LogP contribution in [0, 0.1) is 0 Å². The van der Waals surface area contributed by atoms with Crippen molar-refractivity contribution < 1.29 is 19.1 Å². The molecule has 0 N–H and O–H groups in total. The summed E-state index contributed by atoms with van der Waals surface area (Å²) in [5, 5.41) is 0. The van der Waals surface area contributed by atoms with Crippen LogP contribution >= 0.6 is 0 Å². The first kappa shape index (κ1) is 13.8. The van der Waals surface area contributed by atoms with E-state index in [1.807, 2.05) is 0 Å². The quantitative estimate of drug-likeness (QED) is 0.382. The lowest BCUT2D eigenvalue weighted by atomic mass is 10.1. The van der Waals surface area contributed by atoms with E-state index in [2.05, 4.69) is 0 Å². The molecule has 0 aliphatic carbocycles. The van der Waals surface area contributed by atoms with E-state index in [1.54, 1.807) is 13.8 Å². The van der Waals surface area contributed by atoms with E-state index in [0.717, 1.165) is 5.57 Å². The second-order valence-corrected chi connectivity index (χ2v) is 3.49. The van der Waals surface area contributed by atoms with E-state index in [4.69, 9.17) is 9.47 Å². The number of carbonyl (C=O) groups excluding carboxylic acids is 2. The van der Waals surface area contributed by atoms with Crippen molar-refractivity contribution in [3.8, 4) is 0 Å². The zero-order valence-electron chi connectivity index (χ0n) is 9.75. The van der Waals surface area contributed by atoms with Crippen LogP contribution in [0.2, 0.25) is 0 Å². The number of rotatable bonds is 6. The first-order valence-electron chi connectivity index (χ1n) is 4.81. The summed E-state index contributed by atoms with van der Waals surface area (Å²) in [6, 6.07) is 0. The summed E-state index contributed by atoms with van der Waals surface area (Å²) in [6.45, 7) is 5.60. The van der Waals surface area contributed by atoms with Crippen LogP contribution < -0.4 is 0 Å². The highest BCUT2D eigenvalue weighted by atomic mass is 16.6. The predicted octanol–water partition coefficient (Wildman–Crippen LogP) is 1.49. The highest BCUT2D eigenvalue weighted by Crippen LogP contribution is 2.11. The Labute approximate surface area is 90.2 Å². The van der Waals surface area contributed by atoms with Crippen molar-refractivity contribution in [3.63, 3.8) is 0 Å². The number of hydrogen-bond donors (Lipinski definition) is 0. The van der Waals surface area contributed by atoms with Crippen LogP contribution in [-0.2, 0) is 19.1 Å². The Bertz CT molecular complexity index is 262. The minimum Gasteiger partial charge on any atom is -0.460 e. The molecule has 0 aromatic carbocycles. The van der Waals surface area contributed by atoms with Crippen molar-refractivity contribution >= 4 is 11.8 Å². The molecule has 0 heterocycles. The first-order chi connectivity index (χ1) is 6.99. The molecular weight excluding hydrogens is 196 g/mol. The van der Waals surface area contributed by atoms with Crippen molar-refractivity contribution in [1.29, 1.82) is 0 Å². The molecule has 0 aliphatic rings. The van der Waals surface area contributed by atoms with Gasteiger partial charge in [-0.1, -0.05) is 5.57 Å². The minimum atomic E-state index is -0.428. The molecule has 0 spiro atoms. The van der Waals surface area contributed by atoms with Crippen molar-refractivity contribution in [2.75, 3.05) is 20.3 Å². The van der Waals surface area contributed by atoms with Crippen LogP contribution in [-0.4, -0.2) is 32.1 Å². The van der Waals surface area contributed by atoms with Gasteiger partial charge in [0.1, 0.15) is 12.4 Å². The molecule has 0 aliphatic heterocycles. The van der Waals surface area contributed by atoms with Crippen LogP contribution in [0.15, 0.2) is 11.1 Å². The lowest BCUT2D eigenvalue weighted by Gasteiger charge is -2.08. The Morgan fingerprint density at radius 2 is 1.67 bits per heavy atom. The van der Waals surface area contributed by atoms with Gasteiger partial charge in [0, 0.05) is 19.1 Å². The van der Waals surface area contributed by atoms with E-state index in [0.29, 0.717) is 12.2 Å². The molecule has 0 unspecified atom stereocenters. The minimum absolute atomic E-state index is 0.0464. The van der Waals surface area contributed by atoms with Gasteiger partial charge >= 0.3 is 5.97 Å². The molecule has 0 aromatic heterocycles. The van der Waals surface area contributed by atoms with Crippen molar-refractivity contribution in [1.82, 2.24) is 0 Å². The van der Waals surface area contributed by atoms with Crippen LogP contribution in [0.1, 0.15) is 27.2 Å². The summed E-state index contributed by atoms with van der Waals surface area (Å²) in [6.07, 6.45) is 0.133. The highest BCUT2D eigenvalue weighted by Gasteiger charge is 2.14. The summed E-state index contributed by atoms with van der Waals surface area (Å²) < 4.78 is 9.69. The van der Waals surface area contributed by atoms with Crippen molar-refractivity contribution in [2.45, 2.75) is 27.2 Å². The molecule has 0 bridgehead atoms. The maximum atomic E-state index is 11.5. The molecule has 0 atom stereocenters. The molecule has 4 heteroatoms. The predicted molar refractivity (Wildman–Crippen MR) is 56.5 cm³/mol. The maximum Gasteiger partial charge on any atom is 0.334 e. The fourth-order valence-corrected chi connectivity index (χ4v) is 1.01. The molecule has 0 fully saturated rings. The number of ether oxygens (including phenoxy) is 2. The summed E-state index contributed by atoms with van der Waals surface area (Å²) in [4.78, 5) is 22.4. The third kappa shape index (κ3) is 6.01. The Hall–Kier alpha value is -1.16. The summed E-state index contributed by atoms with van der Waals surface area (Å²) in [7, 11) is 1.53. The molecular formula is C11H18O4. The third-order valence-electron chi connectivity index (χ3n) is 1.80. The van der Waals surface area contributed by atoms with E-state index >= 15 is 0 Å². The summed E-state index contributed by atoms with van der Waals surface area (Å²) in [5.74, 6) is -0.475. The van der Waals surface area contributed by atoms with Gasteiger partial charge in [-0.3, -0.25) is 4.79 Å². The number of allylic oxidation sites excluding steroid dienone is 1. The van der Waals surface area contributed by atoms with Crippen molar-refractivity contribution in [2.24, 2.45) is 0 Å². The largest absolute Gasteiger partial charge is 0.460 e. The van der Waals surface area contributed by atoms with Gasteiger partial charge in [-0.15, -0.1) is 0 Å². The number of carbonyl (C=O) groups is 2. The maximum absolute atomic E-state index is 11.5. The molecule has 0 aromatic rings. The van der Waals surface area contributed by atoms with Gasteiger partial charge in [0.25, 0.3) is 0 Å². The average molecular weight is 214 g/mol. The van der Waals surface area contributed by atoms with Gasteiger partial charge in [-0.25, -0.2) is 4.79 Å². The van der Waals surface area contributed by atoms with Crippen LogP contribution in [0.25, 0.3) is 0 Å². The number of esters is 1. The van der Waals surface area contributed by atoms with E-state index in [1.165, 1.54) is 14.0 Å². The number of Topliss-reactive ketones (excluding diaryl/α,β-unsaturated/α-hetero) is 1. The molecule has 86 valence electrons. The fraction of sp³-hybridized carbons (Fsp3) is 0.636. The van der Waals surface area contributed by atoms with Gasteiger partial charge in [0.05, 0.1) is 6.61 Å². The van der Waals surface area contributed by atoms with Crippen LogP contribution in [0.4, 0.5) is 0 Å². The van der Waals surface area contributed by atoms with Gasteiger partial charge in [0.15, 0.2) is 0 Å². The zero-order valence-corrected chi connectivity index (χ0v) is 9.75. The number of hydrogen-bond acceptors (Lipinski definition) is 4. The van der Waals surface area contributed by atoms with E-state index < -0.39 is 5.97 Å². The monoisotopic (exact) mass is 214 g/mol. The smallest absolute Gasteiger partial charge is 0.334 e. The second-order valence-electron chi connectivity index (χ2n) is 3.49. The topological polar surface area (TPSA) is 52.6 Å². The second kappa shape index (κ2) is 7.17. The van der Waals surface area contributed by atoms with Gasteiger partial charge in [-0.05, 0) is 20.8 Å². The number of ketones is 1. The molecule has 0 saturated carbocycles. The van der Waals surface area contributed by atoms with Crippen LogP contribution in [0.3, 0.4) is 0 Å². The molecule has 15 heavy (non-hydrogen) atoms. The molecule has 0 saturated heterocycles. The van der Waals surface area contributed by atoms with Gasteiger partial charge in [-0.2, -0.15) is 0 Å². The summed E-state index contributed by atoms with van der Waals surface area (Å²) in [5.41, 5.74) is 1.26. The van der Waals surface area contributed by atoms with E-state index in [9.17, 15) is 9.59 Å². The molecule has 4 nitrogen and oxygen atoms in total. The number of methoxy groups -OCH3 is 1. The standard InChI is InChI=1S/C11H18O4/c1-8(2)10(7-9(3)12)11(13)15-6-5-14-4/h5-7H2,1-4H3. The molecule has 0 rings (SSSR count). The SMILES string of the molecule is COCCOC(=O)C(CC(C)=O)=C(C)C. The fourth-order valence-electron chi connectivity index (χ4n) is 1.01. The van der Waals surface area contributed by atoms with Crippen LogP contribution in [0.5, 0.6) is 0 Å².